The van der Waals surface area contributed by atoms with Gasteiger partial charge in [-0.05, 0) is 41.3 Å². The summed E-state index contributed by atoms with van der Waals surface area (Å²) in [4.78, 5) is 26.3. The van der Waals surface area contributed by atoms with Gasteiger partial charge in [0.25, 0.3) is 0 Å². The molecule has 1 aromatic heterocycles. The average molecular weight is 386 g/mol. The van der Waals surface area contributed by atoms with E-state index >= 15 is 0 Å². The van der Waals surface area contributed by atoms with Gasteiger partial charge in [0.05, 0.1) is 6.54 Å². The molecule has 0 aliphatic carbocycles. The van der Waals surface area contributed by atoms with Gasteiger partial charge in [0.15, 0.2) is 0 Å². The van der Waals surface area contributed by atoms with Crippen molar-refractivity contribution in [3.05, 3.63) is 77.6 Å². The fraction of sp³-hybridized carbons (Fsp3) is 0.261. The van der Waals surface area contributed by atoms with E-state index in [-0.39, 0.29) is 17.7 Å². The summed E-state index contributed by atoms with van der Waals surface area (Å²) in [5, 5.41) is 7.27. The van der Waals surface area contributed by atoms with Crippen molar-refractivity contribution in [3.63, 3.8) is 0 Å². The van der Waals surface area contributed by atoms with Gasteiger partial charge in [-0.3, -0.25) is 14.3 Å². The Morgan fingerprint density at radius 1 is 1.10 bits per heavy atom. The van der Waals surface area contributed by atoms with Gasteiger partial charge < -0.3 is 10.2 Å². The summed E-state index contributed by atoms with van der Waals surface area (Å²) >= 11 is 0. The van der Waals surface area contributed by atoms with E-state index in [1.165, 1.54) is 0 Å². The quantitative estimate of drug-likeness (QED) is 0.746. The molecule has 3 heterocycles. The molecule has 0 radical (unpaired) electrons. The second-order valence-corrected chi connectivity index (χ2v) is 7.67. The zero-order chi connectivity index (χ0) is 19.8. The molecule has 5 rings (SSSR count). The van der Waals surface area contributed by atoms with Crippen molar-refractivity contribution in [2.24, 2.45) is 0 Å². The molecule has 2 aromatic carbocycles. The summed E-state index contributed by atoms with van der Waals surface area (Å²) in [5.74, 6) is 0.152. The Balaban J connectivity index is 1.48. The lowest BCUT2D eigenvalue weighted by molar-refractivity contribution is -0.117. The molecule has 2 aliphatic heterocycles. The van der Waals surface area contributed by atoms with Gasteiger partial charge in [-0.1, -0.05) is 30.3 Å². The molecule has 1 atom stereocenters. The fourth-order valence-electron chi connectivity index (χ4n) is 4.33. The minimum absolute atomic E-state index is 0.000323. The number of anilines is 2. The number of nitrogens with zero attached hydrogens (tertiary/aromatic N) is 3. The molecule has 0 bridgehead atoms. The second-order valence-electron chi connectivity index (χ2n) is 7.67. The summed E-state index contributed by atoms with van der Waals surface area (Å²) in [6.07, 6.45) is 5.61. The average Bonchev–Trinajstić information content (AvgIpc) is 3.38. The van der Waals surface area contributed by atoms with Crippen LogP contribution in [0.15, 0.2) is 60.9 Å². The summed E-state index contributed by atoms with van der Waals surface area (Å²) in [7, 11) is 0. The van der Waals surface area contributed by atoms with Crippen molar-refractivity contribution in [2.75, 3.05) is 16.8 Å². The van der Waals surface area contributed by atoms with Gasteiger partial charge in [0.1, 0.15) is 0 Å². The standard InChI is InChI=1S/C23H22N4O2/c28-22-14-20(17-5-1-4-16(12-17)15-26-10-3-9-24-26)19-8-7-18(13-21(19)25-22)27-11-2-6-23(27)29/h1,3-5,7-10,12-13,20H,2,6,11,14-15H2,(H,25,28). The number of rotatable bonds is 4. The molecule has 2 aliphatic rings. The van der Waals surface area contributed by atoms with Crippen LogP contribution >= 0.6 is 0 Å². The number of aromatic nitrogens is 2. The molecular formula is C23H22N4O2. The Hall–Kier alpha value is -3.41. The molecule has 29 heavy (non-hydrogen) atoms. The topological polar surface area (TPSA) is 67.2 Å². The fourth-order valence-corrected chi connectivity index (χ4v) is 4.33. The Labute approximate surface area is 169 Å². The maximum atomic E-state index is 12.4. The van der Waals surface area contributed by atoms with Crippen molar-refractivity contribution in [1.82, 2.24) is 9.78 Å². The van der Waals surface area contributed by atoms with Crippen molar-refractivity contribution >= 4 is 23.2 Å². The first kappa shape index (κ1) is 17.7. The third-order valence-electron chi connectivity index (χ3n) is 5.72. The first-order valence-corrected chi connectivity index (χ1v) is 9.98. The lowest BCUT2D eigenvalue weighted by atomic mass is 9.84. The summed E-state index contributed by atoms with van der Waals surface area (Å²) in [6.45, 7) is 1.44. The number of carbonyl (C=O) groups is 2. The molecule has 2 amide bonds. The molecule has 6 nitrogen and oxygen atoms in total. The number of benzene rings is 2. The predicted octanol–water partition coefficient (Wildman–Crippen LogP) is 3.53. The third-order valence-corrected chi connectivity index (χ3v) is 5.72. The van der Waals surface area contributed by atoms with Crippen LogP contribution in [0.5, 0.6) is 0 Å². The SMILES string of the molecule is O=C1CC(c2cccc(Cn3cccn3)c2)c2ccc(N3CCCC3=O)cc2N1. The zero-order valence-electron chi connectivity index (χ0n) is 16.0. The molecule has 1 fully saturated rings. The van der Waals surface area contributed by atoms with Crippen molar-refractivity contribution in [3.8, 4) is 0 Å². The lowest BCUT2D eigenvalue weighted by Crippen LogP contribution is -2.26. The van der Waals surface area contributed by atoms with Gasteiger partial charge in [-0.15, -0.1) is 0 Å². The Morgan fingerprint density at radius 2 is 2.03 bits per heavy atom. The monoisotopic (exact) mass is 386 g/mol. The van der Waals surface area contributed by atoms with Crippen LogP contribution < -0.4 is 10.2 Å². The van der Waals surface area contributed by atoms with E-state index in [2.05, 4.69) is 34.7 Å². The van der Waals surface area contributed by atoms with Crippen molar-refractivity contribution < 1.29 is 9.59 Å². The third kappa shape index (κ3) is 3.42. The van der Waals surface area contributed by atoms with Gasteiger partial charge >= 0.3 is 0 Å². The van der Waals surface area contributed by atoms with Crippen molar-refractivity contribution in [2.45, 2.75) is 31.7 Å². The molecule has 0 saturated carbocycles. The Morgan fingerprint density at radius 3 is 2.83 bits per heavy atom. The zero-order valence-corrected chi connectivity index (χ0v) is 16.0. The number of carbonyl (C=O) groups excluding carboxylic acids is 2. The van der Waals surface area contributed by atoms with Gasteiger partial charge in [-0.2, -0.15) is 5.10 Å². The maximum absolute atomic E-state index is 12.4. The van der Waals surface area contributed by atoms with Crippen LogP contribution in [0.25, 0.3) is 0 Å². The van der Waals surface area contributed by atoms with E-state index < -0.39 is 0 Å². The van der Waals surface area contributed by atoms with Crippen LogP contribution in [0.4, 0.5) is 11.4 Å². The minimum Gasteiger partial charge on any atom is -0.326 e. The predicted molar refractivity (Wildman–Crippen MR) is 111 cm³/mol. The lowest BCUT2D eigenvalue weighted by Gasteiger charge is -2.28. The number of hydrogen-bond donors (Lipinski definition) is 1. The van der Waals surface area contributed by atoms with Crippen LogP contribution in [0.3, 0.4) is 0 Å². The number of nitrogens with one attached hydrogen (secondary N) is 1. The van der Waals surface area contributed by atoms with Gasteiger partial charge in [0, 0.05) is 49.1 Å². The number of amides is 2. The van der Waals surface area contributed by atoms with Gasteiger partial charge in [-0.25, -0.2) is 0 Å². The van der Waals surface area contributed by atoms with Crippen LogP contribution in [0, 0.1) is 0 Å². The second kappa shape index (κ2) is 7.20. The Bertz CT molecular complexity index is 1070. The van der Waals surface area contributed by atoms with Crippen LogP contribution in [-0.4, -0.2) is 28.1 Å². The number of hydrogen-bond acceptors (Lipinski definition) is 3. The van der Waals surface area contributed by atoms with E-state index in [0.29, 0.717) is 19.4 Å². The Kier molecular flexibility index (Phi) is 4.39. The summed E-state index contributed by atoms with van der Waals surface area (Å²) in [5.41, 5.74) is 5.03. The summed E-state index contributed by atoms with van der Waals surface area (Å²) < 4.78 is 1.89. The summed E-state index contributed by atoms with van der Waals surface area (Å²) in [6, 6.07) is 16.3. The molecule has 146 valence electrons. The van der Waals surface area contributed by atoms with Crippen molar-refractivity contribution in [1.29, 1.82) is 0 Å². The molecule has 0 spiro atoms. The van der Waals surface area contributed by atoms with Crippen LogP contribution in [-0.2, 0) is 16.1 Å². The molecular weight excluding hydrogens is 364 g/mol. The van der Waals surface area contributed by atoms with Gasteiger partial charge in [0.2, 0.25) is 11.8 Å². The molecule has 1 N–H and O–H groups in total. The molecule has 6 heteroatoms. The normalized spacial score (nSPS) is 18.6. The highest BCUT2D eigenvalue weighted by molar-refractivity contribution is 5.99. The van der Waals surface area contributed by atoms with E-state index in [1.807, 2.05) is 35.1 Å². The number of fused-ring (bicyclic) bond motifs is 1. The van der Waals surface area contributed by atoms with E-state index in [1.54, 1.807) is 11.1 Å². The molecule has 3 aromatic rings. The van der Waals surface area contributed by atoms with E-state index in [4.69, 9.17) is 0 Å². The first-order valence-electron chi connectivity index (χ1n) is 9.98. The highest BCUT2D eigenvalue weighted by Crippen LogP contribution is 2.39. The molecule has 1 unspecified atom stereocenters. The maximum Gasteiger partial charge on any atom is 0.227 e. The van der Waals surface area contributed by atoms with E-state index in [9.17, 15) is 9.59 Å². The van der Waals surface area contributed by atoms with Crippen LogP contribution in [0.1, 0.15) is 41.9 Å². The molecule has 1 saturated heterocycles. The smallest absolute Gasteiger partial charge is 0.227 e. The minimum atomic E-state index is -0.000323. The van der Waals surface area contributed by atoms with Crippen LogP contribution in [0.2, 0.25) is 0 Å². The first-order chi connectivity index (χ1) is 14.2. The highest BCUT2D eigenvalue weighted by atomic mass is 16.2. The largest absolute Gasteiger partial charge is 0.326 e. The van der Waals surface area contributed by atoms with E-state index in [0.717, 1.165) is 41.0 Å². The highest BCUT2D eigenvalue weighted by Gasteiger charge is 2.29.